The highest BCUT2D eigenvalue weighted by atomic mass is 15.3. The van der Waals surface area contributed by atoms with Crippen molar-refractivity contribution in [3.05, 3.63) is 35.4 Å². The zero-order valence-corrected chi connectivity index (χ0v) is 14.3. The van der Waals surface area contributed by atoms with Gasteiger partial charge >= 0.3 is 0 Å². The van der Waals surface area contributed by atoms with Crippen LogP contribution in [0.15, 0.2) is 24.3 Å². The quantitative estimate of drug-likeness (QED) is 0.844. The number of rotatable bonds is 3. The Morgan fingerprint density at radius 2 is 1.59 bits per heavy atom. The highest BCUT2D eigenvalue weighted by Crippen LogP contribution is 2.59. The SMILES string of the molecule is Cc1ccccc1CCN1CC23CCCCC2(CN(C)C3)C1. The van der Waals surface area contributed by atoms with E-state index in [0.29, 0.717) is 10.8 Å². The average Bonchev–Trinajstić information content (AvgIpc) is 2.94. The molecule has 4 rings (SSSR count). The minimum atomic E-state index is 0.617. The van der Waals surface area contributed by atoms with Gasteiger partial charge in [-0.05, 0) is 44.4 Å². The van der Waals surface area contributed by atoms with E-state index in [-0.39, 0.29) is 0 Å². The van der Waals surface area contributed by atoms with Crippen molar-refractivity contribution in [3.8, 4) is 0 Å². The van der Waals surface area contributed by atoms with Crippen LogP contribution < -0.4 is 0 Å². The summed E-state index contributed by atoms with van der Waals surface area (Å²) in [6, 6.07) is 8.90. The number of hydrogen-bond donors (Lipinski definition) is 0. The van der Waals surface area contributed by atoms with Crippen molar-refractivity contribution in [2.75, 3.05) is 39.8 Å². The molecule has 1 aliphatic carbocycles. The molecule has 0 aromatic heterocycles. The topological polar surface area (TPSA) is 6.48 Å². The molecule has 2 atom stereocenters. The van der Waals surface area contributed by atoms with Gasteiger partial charge in [0.15, 0.2) is 0 Å². The van der Waals surface area contributed by atoms with E-state index >= 15 is 0 Å². The van der Waals surface area contributed by atoms with Crippen LogP contribution in [0.5, 0.6) is 0 Å². The van der Waals surface area contributed by atoms with Crippen LogP contribution in [0.3, 0.4) is 0 Å². The van der Waals surface area contributed by atoms with Crippen LogP contribution >= 0.6 is 0 Å². The average molecular weight is 298 g/mol. The first-order valence-corrected chi connectivity index (χ1v) is 9.08. The predicted molar refractivity (Wildman–Crippen MR) is 92.2 cm³/mol. The van der Waals surface area contributed by atoms with Gasteiger partial charge in [-0.2, -0.15) is 0 Å². The van der Waals surface area contributed by atoms with Gasteiger partial charge in [-0.25, -0.2) is 0 Å². The monoisotopic (exact) mass is 298 g/mol. The van der Waals surface area contributed by atoms with E-state index in [9.17, 15) is 0 Å². The molecule has 1 aromatic rings. The van der Waals surface area contributed by atoms with Crippen molar-refractivity contribution in [1.82, 2.24) is 9.80 Å². The zero-order valence-electron chi connectivity index (χ0n) is 14.3. The normalized spacial score (nSPS) is 35.5. The first-order valence-electron chi connectivity index (χ1n) is 9.08. The lowest BCUT2D eigenvalue weighted by Gasteiger charge is -2.42. The third kappa shape index (κ3) is 2.23. The van der Waals surface area contributed by atoms with E-state index in [1.807, 2.05) is 0 Å². The number of likely N-dealkylation sites (tertiary alicyclic amines) is 2. The van der Waals surface area contributed by atoms with Crippen molar-refractivity contribution in [2.45, 2.75) is 39.0 Å². The Hall–Kier alpha value is -0.860. The van der Waals surface area contributed by atoms with Gasteiger partial charge in [0.1, 0.15) is 0 Å². The molecule has 120 valence electrons. The molecule has 2 aliphatic heterocycles. The molecule has 2 heteroatoms. The molecule has 1 aromatic carbocycles. The van der Waals surface area contributed by atoms with E-state index in [1.54, 1.807) is 0 Å². The fourth-order valence-electron chi connectivity index (χ4n) is 5.87. The molecule has 2 unspecified atom stereocenters. The van der Waals surface area contributed by atoms with E-state index in [4.69, 9.17) is 0 Å². The van der Waals surface area contributed by atoms with E-state index in [0.717, 1.165) is 0 Å². The summed E-state index contributed by atoms with van der Waals surface area (Å²) in [5, 5.41) is 0. The molecule has 2 saturated heterocycles. The Morgan fingerprint density at radius 1 is 0.955 bits per heavy atom. The summed E-state index contributed by atoms with van der Waals surface area (Å²) in [4.78, 5) is 5.41. The summed E-state index contributed by atoms with van der Waals surface area (Å²) in [6.45, 7) is 8.88. The van der Waals surface area contributed by atoms with Crippen LogP contribution in [0.1, 0.15) is 36.8 Å². The second-order valence-corrected chi connectivity index (χ2v) is 8.33. The Kier molecular flexibility index (Phi) is 3.58. The van der Waals surface area contributed by atoms with Crippen LogP contribution in [-0.4, -0.2) is 49.6 Å². The summed E-state index contributed by atoms with van der Waals surface area (Å²) in [6.07, 6.45) is 7.08. The molecule has 3 aliphatic rings. The molecule has 0 bridgehead atoms. The van der Waals surface area contributed by atoms with Crippen molar-refractivity contribution in [1.29, 1.82) is 0 Å². The minimum absolute atomic E-state index is 0.617. The lowest BCUT2D eigenvalue weighted by Crippen LogP contribution is -2.42. The summed E-state index contributed by atoms with van der Waals surface area (Å²) in [5.74, 6) is 0. The minimum Gasteiger partial charge on any atom is -0.305 e. The molecule has 1 saturated carbocycles. The molecule has 2 nitrogen and oxygen atoms in total. The largest absolute Gasteiger partial charge is 0.305 e. The van der Waals surface area contributed by atoms with Gasteiger partial charge < -0.3 is 9.80 Å². The summed E-state index contributed by atoms with van der Waals surface area (Å²) in [7, 11) is 2.34. The Bertz CT molecular complexity index is 530. The molecule has 0 amide bonds. The van der Waals surface area contributed by atoms with Crippen LogP contribution in [0.2, 0.25) is 0 Å². The van der Waals surface area contributed by atoms with Gasteiger partial charge in [0, 0.05) is 43.6 Å². The highest BCUT2D eigenvalue weighted by Gasteiger charge is 2.61. The summed E-state index contributed by atoms with van der Waals surface area (Å²) in [5.41, 5.74) is 4.22. The van der Waals surface area contributed by atoms with Gasteiger partial charge in [-0.15, -0.1) is 0 Å². The number of aryl methyl sites for hydroxylation is 1. The zero-order chi connectivity index (χ0) is 15.2. The van der Waals surface area contributed by atoms with Gasteiger partial charge in [0.25, 0.3) is 0 Å². The number of nitrogens with zero attached hydrogens (tertiary/aromatic N) is 2. The highest BCUT2D eigenvalue weighted by molar-refractivity contribution is 5.26. The Balaban J connectivity index is 1.47. The lowest BCUT2D eigenvalue weighted by atomic mass is 9.60. The molecule has 0 radical (unpaired) electrons. The van der Waals surface area contributed by atoms with E-state index in [2.05, 4.69) is 48.0 Å². The first kappa shape index (κ1) is 14.7. The van der Waals surface area contributed by atoms with E-state index in [1.165, 1.54) is 76.0 Å². The Morgan fingerprint density at radius 3 is 2.23 bits per heavy atom. The van der Waals surface area contributed by atoms with Gasteiger partial charge in [-0.1, -0.05) is 37.1 Å². The molecule has 0 spiro atoms. The van der Waals surface area contributed by atoms with Crippen molar-refractivity contribution >= 4 is 0 Å². The van der Waals surface area contributed by atoms with Crippen molar-refractivity contribution < 1.29 is 0 Å². The van der Waals surface area contributed by atoms with E-state index < -0.39 is 0 Å². The molecular formula is C20H30N2. The molecule has 3 fully saturated rings. The molecule has 0 N–H and O–H groups in total. The van der Waals surface area contributed by atoms with Crippen LogP contribution in [-0.2, 0) is 6.42 Å². The van der Waals surface area contributed by atoms with Crippen molar-refractivity contribution in [3.63, 3.8) is 0 Å². The fourth-order valence-corrected chi connectivity index (χ4v) is 5.87. The van der Waals surface area contributed by atoms with Gasteiger partial charge in [-0.3, -0.25) is 0 Å². The fraction of sp³-hybridized carbons (Fsp3) is 0.700. The predicted octanol–water partition coefficient (Wildman–Crippen LogP) is 3.35. The second kappa shape index (κ2) is 5.35. The van der Waals surface area contributed by atoms with Crippen LogP contribution in [0.25, 0.3) is 0 Å². The van der Waals surface area contributed by atoms with Crippen molar-refractivity contribution in [2.24, 2.45) is 10.8 Å². The third-order valence-electron chi connectivity index (χ3n) is 6.84. The maximum Gasteiger partial charge on any atom is 0.00569 e. The standard InChI is InChI=1S/C20H30N2/c1-17-7-3-4-8-18(17)9-12-22-15-19-10-5-6-11-20(19,16-22)14-21(2)13-19/h3-4,7-8H,5-6,9-16H2,1-2H3. The van der Waals surface area contributed by atoms with Crippen LogP contribution in [0, 0.1) is 17.8 Å². The Labute approximate surface area is 135 Å². The third-order valence-corrected chi connectivity index (χ3v) is 6.84. The summed E-state index contributed by atoms with van der Waals surface area (Å²) < 4.78 is 0. The smallest absolute Gasteiger partial charge is 0.00569 e. The van der Waals surface area contributed by atoms with Crippen LogP contribution in [0.4, 0.5) is 0 Å². The van der Waals surface area contributed by atoms with Gasteiger partial charge in [0.05, 0.1) is 0 Å². The lowest BCUT2D eigenvalue weighted by molar-refractivity contribution is 0.0945. The van der Waals surface area contributed by atoms with Gasteiger partial charge in [0.2, 0.25) is 0 Å². The maximum atomic E-state index is 2.80. The summed E-state index contributed by atoms with van der Waals surface area (Å²) >= 11 is 0. The number of benzene rings is 1. The molecule has 2 heterocycles. The number of hydrogen-bond acceptors (Lipinski definition) is 2. The molecular weight excluding hydrogens is 268 g/mol. The maximum absolute atomic E-state index is 2.80. The second-order valence-electron chi connectivity index (χ2n) is 8.33. The molecule has 22 heavy (non-hydrogen) atoms. The first-order chi connectivity index (χ1) is 10.6.